The Morgan fingerprint density at radius 2 is 1.80 bits per heavy atom. The minimum absolute atomic E-state index is 0.0303. The van der Waals surface area contributed by atoms with E-state index in [1.54, 1.807) is 11.6 Å². The number of aryl methyl sites for hydroxylation is 1. The zero-order valence-corrected chi connectivity index (χ0v) is 16.3. The second-order valence-corrected chi connectivity index (χ2v) is 9.09. The number of carboxylic acid groups (broad SMARTS) is 1. The van der Waals surface area contributed by atoms with Crippen molar-refractivity contribution >= 4 is 17.1 Å². The van der Waals surface area contributed by atoms with E-state index < -0.39 is 11.9 Å². The summed E-state index contributed by atoms with van der Waals surface area (Å²) >= 11 is 0. The first-order valence-corrected chi connectivity index (χ1v) is 8.59. The van der Waals surface area contributed by atoms with Gasteiger partial charge in [-0.1, -0.05) is 41.5 Å². The minimum Gasteiger partial charge on any atom is -0.481 e. The van der Waals surface area contributed by atoms with Gasteiger partial charge in [-0.2, -0.15) is 0 Å². The average molecular weight is 347 g/mol. The number of fused-ring (bicyclic) bond motifs is 1. The molecule has 0 saturated heterocycles. The van der Waals surface area contributed by atoms with Gasteiger partial charge in [0.25, 0.3) is 0 Å². The molecule has 6 heteroatoms. The summed E-state index contributed by atoms with van der Waals surface area (Å²) in [5.41, 5.74) is 1.58. The standard InChI is InChI=1S/C19H29N3O3/c1-18(2,3)11-22-14-9-8-12(20-15(14)21(7)17(22)25)10-13(16(23)24)19(4,5)6/h8-9,13H,10-11H2,1-7H3,(H,23,24). The number of hydrogen-bond acceptors (Lipinski definition) is 3. The highest BCUT2D eigenvalue weighted by Gasteiger charge is 2.32. The van der Waals surface area contributed by atoms with Gasteiger partial charge in [-0.05, 0) is 23.0 Å². The van der Waals surface area contributed by atoms with Crippen molar-refractivity contribution in [3.63, 3.8) is 0 Å². The van der Waals surface area contributed by atoms with Crippen molar-refractivity contribution < 1.29 is 9.90 Å². The zero-order chi connectivity index (χ0) is 19.2. The number of carbonyl (C=O) groups is 1. The highest BCUT2D eigenvalue weighted by Crippen LogP contribution is 2.29. The molecule has 0 amide bonds. The minimum atomic E-state index is -0.825. The molecule has 0 fully saturated rings. The molecule has 2 heterocycles. The molecule has 0 spiro atoms. The molecule has 0 bridgehead atoms. The van der Waals surface area contributed by atoms with Gasteiger partial charge >= 0.3 is 11.7 Å². The summed E-state index contributed by atoms with van der Waals surface area (Å²) in [6, 6.07) is 3.72. The summed E-state index contributed by atoms with van der Waals surface area (Å²) < 4.78 is 3.28. The monoisotopic (exact) mass is 347 g/mol. The van der Waals surface area contributed by atoms with Crippen LogP contribution in [0.15, 0.2) is 16.9 Å². The van der Waals surface area contributed by atoms with E-state index in [1.165, 1.54) is 4.57 Å². The number of aromatic nitrogens is 3. The second-order valence-electron chi connectivity index (χ2n) is 9.09. The number of hydrogen-bond donors (Lipinski definition) is 1. The van der Waals surface area contributed by atoms with E-state index in [4.69, 9.17) is 0 Å². The Morgan fingerprint density at radius 1 is 1.20 bits per heavy atom. The Hall–Kier alpha value is -2.11. The smallest absolute Gasteiger partial charge is 0.330 e. The lowest BCUT2D eigenvalue weighted by atomic mass is 9.78. The van der Waals surface area contributed by atoms with Crippen molar-refractivity contribution in [1.82, 2.24) is 14.1 Å². The maximum absolute atomic E-state index is 12.6. The van der Waals surface area contributed by atoms with Crippen LogP contribution in [0.1, 0.15) is 47.2 Å². The predicted molar refractivity (Wildman–Crippen MR) is 98.7 cm³/mol. The van der Waals surface area contributed by atoms with Gasteiger partial charge in [-0.15, -0.1) is 0 Å². The maximum atomic E-state index is 12.6. The van der Waals surface area contributed by atoms with Crippen LogP contribution in [0, 0.1) is 16.7 Å². The first-order valence-electron chi connectivity index (χ1n) is 8.59. The summed E-state index contributed by atoms with van der Waals surface area (Å²) in [6.07, 6.45) is 0.341. The molecule has 1 unspecified atom stereocenters. The lowest BCUT2D eigenvalue weighted by molar-refractivity contribution is -0.145. The fourth-order valence-corrected chi connectivity index (χ4v) is 3.03. The number of carboxylic acids is 1. The molecule has 0 radical (unpaired) electrons. The van der Waals surface area contributed by atoms with E-state index >= 15 is 0 Å². The van der Waals surface area contributed by atoms with Gasteiger partial charge < -0.3 is 5.11 Å². The van der Waals surface area contributed by atoms with Crippen molar-refractivity contribution in [3.8, 4) is 0 Å². The highest BCUT2D eigenvalue weighted by atomic mass is 16.4. The van der Waals surface area contributed by atoms with E-state index in [0.29, 0.717) is 24.3 Å². The molecule has 2 aromatic heterocycles. The summed E-state index contributed by atoms with van der Waals surface area (Å²) in [5, 5.41) is 9.53. The van der Waals surface area contributed by atoms with Crippen LogP contribution < -0.4 is 5.69 Å². The number of imidazole rings is 1. The van der Waals surface area contributed by atoms with Crippen molar-refractivity contribution in [2.45, 2.75) is 54.5 Å². The van der Waals surface area contributed by atoms with Gasteiger partial charge in [-0.3, -0.25) is 13.9 Å². The fraction of sp³-hybridized carbons (Fsp3) is 0.632. The molecule has 2 rings (SSSR count). The van der Waals surface area contributed by atoms with E-state index in [0.717, 1.165) is 5.52 Å². The number of pyridine rings is 1. The van der Waals surface area contributed by atoms with E-state index in [9.17, 15) is 14.7 Å². The van der Waals surface area contributed by atoms with Crippen molar-refractivity contribution in [2.24, 2.45) is 23.8 Å². The SMILES string of the molecule is Cn1c(=O)n(CC(C)(C)C)c2ccc(CC(C(=O)O)C(C)(C)C)nc21. The van der Waals surface area contributed by atoms with Crippen LogP contribution in [-0.2, 0) is 24.8 Å². The summed E-state index contributed by atoms with van der Waals surface area (Å²) in [6.45, 7) is 12.6. The summed E-state index contributed by atoms with van der Waals surface area (Å²) in [7, 11) is 1.71. The fourth-order valence-electron chi connectivity index (χ4n) is 3.03. The molecule has 2 aromatic rings. The largest absolute Gasteiger partial charge is 0.481 e. The number of nitrogens with zero attached hydrogens (tertiary/aromatic N) is 3. The Morgan fingerprint density at radius 3 is 2.28 bits per heavy atom. The van der Waals surface area contributed by atoms with Crippen LogP contribution in [0.4, 0.5) is 0 Å². The molecule has 0 saturated carbocycles. The van der Waals surface area contributed by atoms with Crippen LogP contribution in [-0.4, -0.2) is 25.2 Å². The number of rotatable bonds is 4. The molecule has 0 aliphatic carbocycles. The summed E-state index contributed by atoms with van der Waals surface area (Å²) in [4.78, 5) is 28.8. The predicted octanol–water partition coefficient (Wildman–Crippen LogP) is 3.07. The highest BCUT2D eigenvalue weighted by molar-refractivity contribution is 5.73. The van der Waals surface area contributed by atoms with Gasteiger partial charge in [0, 0.05) is 25.7 Å². The average Bonchev–Trinajstić information content (AvgIpc) is 2.67. The normalized spacial score (nSPS) is 14.0. The molecule has 138 valence electrons. The molecular weight excluding hydrogens is 318 g/mol. The van der Waals surface area contributed by atoms with Gasteiger partial charge in [0.2, 0.25) is 0 Å². The van der Waals surface area contributed by atoms with Crippen LogP contribution in [0.2, 0.25) is 0 Å². The molecule has 1 atom stereocenters. The first-order chi connectivity index (χ1) is 11.3. The lowest BCUT2D eigenvalue weighted by Gasteiger charge is -2.26. The van der Waals surface area contributed by atoms with Crippen molar-refractivity contribution in [2.75, 3.05) is 0 Å². The molecule has 0 aromatic carbocycles. The van der Waals surface area contributed by atoms with E-state index in [1.807, 2.05) is 32.9 Å². The van der Waals surface area contributed by atoms with Gasteiger partial charge in [0.05, 0.1) is 11.4 Å². The van der Waals surface area contributed by atoms with Crippen LogP contribution >= 0.6 is 0 Å². The van der Waals surface area contributed by atoms with E-state index in [2.05, 4.69) is 25.8 Å². The topological polar surface area (TPSA) is 77.1 Å². The Bertz CT molecular complexity index is 848. The Balaban J connectivity index is 2.49. The molecule has 0 aliphatic rings. The molecular formula is C19H29N3O3. The van der Waals surface area contributed by atoms with Crippen LogP contribution in [0.3, 0.4) is 0 Å². The third kappa shape index (κ3) is 4.11. The summed E-state index contributed by atoms with van der Waals surface area (Å²) in [5.74, 6) is -1.36. The van der Waals surface area contributed by atoms with Gasteiger partial charge in [0.1, 0.15) is 0 Å². The quantitative estimate of drug-likeness (QED) is 0.922. The second kappa shape index (κ2) is 6.32. The zero-order valence-electron chi connectivity index (χ0n) is 16.3. The van der Waals surface area contributed by atoms with E-state index in [-0.39, 0.29) is 16.5 Å². The molecule has 25 heavy (non-hydrogen) atoms. The Kier molecular flexibility index (Phi) is 4.86. The third-order valence-electron chi connectivity index (χ3n) is 4.43. The van der Waals surface area contributed by atoms with Crippen molar-refractivity contribution in [3.05, 3.63) is 28.3 Å². The third-order valence-corrected chi connectivity index (χ3v) is 4.43. The van der Waals surface area contributed by atoms with Crippen LogP contribution in [0.25, 0.3) is 11.2 Å². The van der Waals surface area contributed by atoms with Gasteiger partial charge in [0.15, 0.2) is 5.65 Å². The molecule has 0 aliphatic heterocycles. The number of aliphatic carboxylic acids is 1. The Labute approximate surface area is 148 Å². The lowest BCUT2D eigenvalue weighted by Crippen LogP contribution is -2.30. The molecule has 1 N–H and O–H groups in total. The van der Waals surface area contributed by atoms with Gasteiger partial charge in [-0.25, -0.2) is 9.78 Å². The van der Waals surface area contributed by atoms with Crippen LogP contribution in [0.5, 0.6) is 0 Å². The first kappa shape index (κ1) is 19.2. The van der Waals surface area contributed by atoms with Crippen molar-refractivity contribution in [1.29, 1.82) is 0 Å². The maximum Gasteiger partial charge on any atom is 0.330 e. The molecule has 6 nitrogen and oxygen atoms in total.